The second-order valence-corrected chi connectivity index (χ2v) is 9.20. The molecule has 0 radical (unpaired) electrons. The highest BCUT2D eigenvalue weighted by molar-refractivity contribution is 5.97. The standard InChI is InChI=1S/C28H29FN6O3/c1-20(28(37)30-23-10-12-24(13-11-23)33-14-16-38-17-15-33)34(18-21-6-8-22(29)9-7-21)27(36)19-35-26-5-3-2-4-25(26)31-32-35/h2-13,20H,14-19H2,1H3,(H,30,37). The summed E-state index contributed by atoms with van der Waals surface area (Å²) in [4.78, 5) is 30.5. The number of halogens is 1. The largest absolute Gasteiger partial charge is 0.378 e. The molecule has 3 aromatic carbocycles. The number of carbonyl (C=O) groups excluding carboxylic acids is 2. The third-order valence-electron chi connectivity index (χ3n) is 6.65. The summed E-state index contributed by atoms with van der Waals surface area (Å²) < 4.78 is 20.4. The summed E-state index contributed by atoms with van der Waals surface area (Å²) in [5.74, 6) is -1.01. The molecule has 1 aromatic heterocycles. The SMILES string of the molecule is CC(C(=O)Nc1ccc(N2CCOCC2)cc1)N(Cc1ccc(F)cc1)C(=O)Cn1nnc2ccccc21. The first kappa shape index (κ1) is 25.3. The van der Waals surface area contributed by atoms with E-state index in [1.165, 1.54) is 21.7 Å². The van der Waals surface area contributed by atoms with Crippen LogP contribution in [0.1, 0.15) is 12.5 Å². The van der Waals surface area contributed by atoms with Crippen molar-refractivity contribution in [3.63, 3.8) is 0 Å². The number of nitrogens with one attached hydrogen (secondary N) is 1. The summed E-state index contributed by atoms with van der Waals surface area (Å²) in [5.41, 5.74) is 3.80. The van der Waals surface area contributed by atoms with E-state index >= 15 is 0 Å². The van der Waals surface area contributed by atoms with E-state index in [-0.39, 0.29) is 30.7 Å². The monoisotopic (exact) mass is 516 g/mol. The zero-order valence-electron chi connectivity index (χ0n) is 21.1. The van der Waals surface area contributed by atoms with Gasteiger partial charge in [0.25, 0.3) is 0 Å². The van der Waals surface area contributed by atoms with Crippen LogP contribution in [0.5, 0.6) is 0 Å². The highest BCUT2D eigenvalue weighted by atomic mass is 19.1. The van der Waals surface area contributed by atoms with Crippen LogP contribution in [-0.2, 0) is 27.4 Å². The van der Waals surface area contributed by atoms with Gasteiger partial charge in [-0.3, -0.25) is 9.59 Å². The molecule has 9 nitrogen and oxygen atoms in total. The molecule has 1 atom stereocenters. The van der Waals surface area contributed by atoms with Crippen LogP contribution < -0.4 is 10.2 Å². The topological polar surface area (TPSA) is 92.6 Å². The number of hydrogen-bond donors (Lipinski definition) is 1. The van der Waals surface area contributed by atoms with Crippen LogP contribution in [-0.4, -0.2) is 64.1 Å². The summed E-state index contributed by atoms with van der Waals surface area (Å²) in [7, 11) is 0. The summed E-state index contributed by atoms with van der Waals surface area (Å²) in [6.45, 7) is 4.76. The van der Waals surface area contributed by atoms with Gasteiger partial charge in [0, 0.05) is 31.0 Å². The molecule has 10 heteroatoms. The lowest BCUT2D eigenvalue weighted by Gasteiger charge is -2.29. The van der Waals surface area contributed by atoms with Gasteiger partial charge in [-0.05, 0) is 61.0 Å². The van der Waals surface area contributed by atoms with Crippen molar-refractivity contribution in [2.45, 2.75) is 26.1 Å². The fourth-order valence-electron chi connectivity index (χ4n) is 4.45. The first-order valence-corrected chi connectivity index (χ1v) is 12.5. The number of fused-ring (bicyclic) bond motifs is 1. The van der Waals surface area contributed by atoms with Crippen LogP contribution in [0.2, 0.25) is 0 Å². The third kappa shape index (κ3) is 5.81. The number of morpholine rings is 1. The lowest BCUT2D eigenvalue weighted by atomic mass is 10.1. The average Bonchev–Trinajstić information content (AvgIpc) is 3.36. The maximum atomic E-state index is 13.5. The third-order valence-corrected chi connectivity index (χ3v) is 6.65. The maximum Gasteiger partial charge on any atom is 0.246 e. The van der Waals surface area contributed by atoms with Crippen LogP contribution in [0, 0.1) is 5.82 Å². The Hall–Kier alpha value is -4.31. The van der Waals surface area contributed by atoms with Crippen molar-refractivity contribution in [1.82, 2.24) is 19.9 Å². The predicted octanol–water partition coefficient (Wildman–Crippen LogP) is 3.46. The van der Waals surface area contributed by atoms with E-state index in [1.54, 1.807) is 19.1 Å². The van der Waals surface area contributed by atoms with Gasteiger partial charge in [0.15, 0.2) is 0 Å². The Labute approximate surface area is 219 Å². The fraction of sp³-hybridized carbons (Fsp3) is 0.286. The number of rotatable bonds is 8. The van der Waals surface area contributed by atoms with E-state index in [4.69, 9.17) is 4.74 Å². The zero-order valence-corrected chi connectivity index (χ0v) is 21.1. The summed E-state index contributed by atoms with van der Waals surface area (Å²) in [6, 6.07) is 20.1. The van der Waals surface area contributed by atoms with Gasteiger partial charge in [0.2, 0.25) is 11.8 Å². The van der Waals surface area contributed by atoms with Crippen LogP contribution in [0.25, 0.3) is 11.0 Å². The van der Waals surface area contributed by atoms with Crippen molar-refractivity contribution >= 4 is 34.2 Å². The Bertz CT molecular complexity index is 1400. The minimum atomic E-state index is -0.804. The molecule has 1 unspecified atom stereocenters. The minimum absolute atomic E-state index is 0.0897. The molecule has 0 bridgehead atoms. The number of ether oxygens (including phenoxy) is 1. The molecule has 1 aliphatic heterocycles. The van der Waals surface area contributed by atoms with Gasteiger partial charge in [-0.2, -0.15) is 0 Å². The van der Waals surface area contributed by atoms with E-state index in [0.29, 0.717) is 30.0 Å². The normalized spacial score (nSPS) is 14.3. The first-order valence-electron chi connectivity index (χ1n) is 12.5. The fourth-order valence-corrected chi connectivity index (χ4v) is 4.45. The second kappa shape index (κ2) is 11.4. The molecule has 0 spiro atoms. The van der Waals surface area contributed by atoms with Gasteiger partial charge >= 0.3 is 0 Å². The molecular formula is C28H29FN6O3. The molecule has 2 heterocycles. The zero-order chi connectivity index (χ0) is 26.5. The van der Waals surface area contributed by atoms with Gasteiger partial charge in [-0.15, -0.1) is 5.10 Å². The van der Waals surface area contributed by atoms with Crippen molar-refractivity contribution in [2.24, 2.45) is 0 Å². The van der Waals surface area contributed by atoms with E-state index in [2.05, 4.69) is 20.5 Å². The number of hydrogen-bond acceptors (Lipinski definition) is 6. The Balaban J connectivity index is 1.32. The molecule has 0 saturated carbocycles. The molecule has 0 aliphatic carbocycles. The number of carbonyl (C=O) groups is 2. The maximum absolute atomic E-state index is 13.5. The number of para-hydroxylation sites is 1. The highest BCUT2D eigenvalue weighted by Gasteiger charge is 2.27. The number of amides is 2. The molecule has 1 N–H and O–H groups in total. The number of anilines is 2. The smallest absolute Gasteiger partial charge is 0.246 e. The van der Waals surface area contributed by atoms with Gasteiger partial charge < -0.3 is 19.9 Å². The van der Waals surface area contributed by atoms with Crippen LogP contribution in [0.15, 0.2) is 72.8 Å². The molecule has 2 amide bonds. The summed E-state index contributed by atoms with van der Waals surface area (Å²) in [6.07, 6.45) is 0. The molecule has 1 saturated heterocycles. The molecule has 196 valence electrons. The van der Waals surface area contributed by atoms with Crippen LogP contribution in [0.4, 0.5) is 15.8 Å². The van der Waals surface area contributed by atoms with Crippen LogP contribution in [0.3, 0.4) is 0 Å². The van der Waals surface area contributed by atoms with Crippen molar-refractivity contribution < 1.29 is 18.7 Å². The molecule has 4 aromatic rings. The molecular weight excluding hydrogens is 487 g/mol. The van der Waals surface area contributed by atoms with Crippen LogP contribution >= 0.6 is 0 Å². The van der Waals surface area contributed by atoms with Gasteiger partial charge in [-0.25, -0.2) is 9.07 Å². The van der Waals surface area contributed by atoms with E-state index in [9.17, 15) is 14.0 Å². The number of nitrogens with zero attached hydrogens (tertiary/aromatic N) is 5. The van der Waals surface area contributed by atoms with Crippen molar-refractivity contribution in [3.8, 4) is 0 Å². The van der Waals surface area contributed by atoms with Crippen molar-refractivity contribution in [3.05, 3.63) is 84.2 Å². The highest BCUT2D eigenvalue weighted by Crippen LogP contribution is 2.20. The number of aromatic nitrogens is 3. The second-order valence-electron chi connectivity index (χ2n) is 9.20. The molecule has 38 heavy (non-hydrogen) atoms. The Morgan fingerprint density at radius 3 is 2.47 bits per heavy atom. The van der Waals surface area contributed by atoms with E-state index < -0.39 is 6.04 Å². The predicted molar refractivity (Wildman–Crippen MR) is 142 cm³/mol. The summed E-state index contributed by atoms with van der Waals surface area (Å²) in [5, 5.41) is 11.1. The first-order chi connectivity index (χ1) is 18.5. The minimum Gasteiger partial charge on any atom is -0.378 e. The van der Waals surface area contributed by atoms with Gasteiger partial charge in [-0.1, -0.05) is 29.5 Å². The number of benzene rings is 3. The van der Waals surface area contributed by atoms with Gasteiger partial charge in [0.1, 0.15) is 23.9 Å². The Morgan fingerprint density at radius 2 is 1.74 bits per heavy atom. The Morgan fingerprint density at radius 1 is 1.03 bits per heavy atom. The van der Waals surface area contributed by atoms with Crippen molar-refractivity contribution in [1.29, 1.82) is 0 Å². The average molecular weight is 517 g/mol. The quantitative estimate of drug-likeness (QED) is 0.386. The van der Waals surface area contributed by atoms with Crippen molar-refractivity contribution in [2.75, 3.05) is 36.5 Å². The Kier molecular flexibility index (Phi) is 7.60. The molecule has 1 fully saturated rings. The summed E-state index contributed by atoms with van der Waals surface area (Å²) >= 11 is 0. The molecule has 5 rings (SSSR count). The van der Waals surface area contributed by atoms with E-state index in [0.717, 1.165) is 24.3 Å². The lowest BCUT2D eigenvalue weighted by molar-refractivity contribution is -0.139. The van der Waals surface area contributed by atoms with E-state index in [1.807, 2.05) is 48.5 Å². The lowest BCUT2D eigenvalue weighted by Crippen LogP contribution is -2.46. The van der Waals surface area contributed by atoms with Gasteiger partial charge in [0.05, 0.1) is 18.7 Å². The molecule has 1 aliphatic rings.